The van der Waals surface area contributed by atoms with Gasteiger partial charge in [0.1, 0.15) is 0 Å². The Bertz CT molecular complexity index is 821. The van der Waals surface area contributed by atoms with Crippen molar-refractivity contribution in [1.29, 1.82) is 0 Å². The maximum atomic E-state index is 12.6. The van der Waals surface area contributed by atoms with Crippen LogP contribution in [0.2, 0.25) is 5.02 Å². The number of carbonyl (C=O) groups is 1. The Morgan fingerprint density at radius 3 is 2.62 bits per heavy atom. The zero-order valence-corrected chi connectivity index (χ0v) is 14.1. The van der Waals surface area contributed by atoms with Gasteiger partial charge in [0, 0.05) is 20.6 Å². The highest BCUT2D eigenvalue weighted by atomic mass is 127. The molecule has 0 unspecified atom stereocenters. The van der Waals surface area contributed by atoms with Crippen LogP contribution in [-0.4, -0.2) is 5.78 Å². The molecule has 0 heterocycles. The lowest BCUT2D eigenvalue weighted by Crippen LogP contribution is -2.06. The van der Waals surface area contributed by atoms with E-state index in [9.17, 15) is 4.79 Å². The minimum absolute atomic E-state index is 0.0956. The van der Waals surface area contributed by atoms with Crippen molar-refractivity contribution in [1.82, 2.24) is 0 Å². The SMILES string of the molecule is O=C(Cc1cccc2ccccc12)c1cc(Cl)ccc1I. The Morgan fingerprint density at radius 2 is 1.76 bits per heavy atom. The molecular weight excluding hydrogens is 395 g/mol. The molecule has 0 saturated heterocycles. The van der Waals surface area contributed by atoms with Crippen LogP contribution in [0.15, 0.2) is 60.7 Å². The molecule has 3 rings (SSSR count). The normalized spacial score (nSPS) is 10.8. The van der Waals surface area contributed by atoms with Gasteiger partial charge in [0.15, 0.2) is 5.78 Å². The predicted molar refractivity (Wildman–Crippen MR) is 96.2 cm³/mol. The summed E-state index contributed by atoms with van der Waals surface area (Å²) in [5.74, 6) is 0.0956. The van der Waals surface area contributed by atoms with Gasteiger partial charge in [0.05, 0.1) is 0 Å². The highest BCUT2D eigenvalue weighted by molar-refractivity contribution is 14.1. The molecule has 0 aromatic heterocycles. The van der Waals surface area contributed by atoms with E-state index in [0.29, 0.717) is 17.0 Å². The number of halogens is 2. The molecule has 3 heteroatoms. The van der Waals surface area contributed by atoms with E-state index in [1.807, 2.05) is 30.3 Å². The summed E-state index contributed by atoms with van der Waals surface area (Å²) in [5, 5.41) is 2.88. The minimum atomic E-state index is 0.0956. The van der Waals surface area contributed by atoms with Gasteiger partial charge in [-0.3, -0.25) is 4.79 Å². The summed E-state index contributed by atoms with van der Waals surface area (Å²) >= 11 is 8.18. The first kappa shape index (κ1) is 14.5. The molecule has 3 aromatic rings. The average molecular weight is 407 g/mol. The van der Waals surface area contributed by atoms with Crippen LogP contribution in [0.5, 0.6) is 0 Å². The van der Waals surface area contributed by atoms with Gasteiger partial charge in [0.2, 0.25) is 0 Å². The first-order valence-electron chi connectivity index (χ1n) is 6.60. The van der Waals surface area contributed by atoms with Crippen molar-refractivity contribution in [2.75, 3.05) is 0 Å². The zero-order valence-electron chi connectivity index (χ0n) is 11.1. The molecule has 0 aliphatic carbocycles. The van der Waals surface area contributed by atoms with Crippen LogP contribution >= 0.6 is 34.2 Å². The summed E-state index contributed by atoms with van der Waals surface area (Å²) in [6.07, 6.45) is 0.387. The van der Waals surface area contributed by atoms with Crippen LogP contribution in [0.3, 0.4) is 0 Å². The summed E-state index contributed by atoms with van der Waals surface area (Å²) in [4.78, 5) is 12.6. The van der Waals surface area contributed by atoms with Gasteiger partial charge >= 0.3 is 0 Å². The van der Waals surface area contributed by atoms with Crippen molar-refractivity contribution in [3.05, 3.63) is 80.4 Å². The van der Waals surface area contributed by atoms with Crippen LogP contribution in [0.25, 0.3) is 10.8 Å². The number of hydrogen-bond acceptors (Lipinski definition) is 1. The van der Waals surface area contributed by atoms with E-state index in [4.69, 9.17) is 11.6 Å². The van der Waals surface area contributed by atoms with E-state index in [2.05, 4.69) is 40.8 Å². The lowest BCUT2D eigenvalue weighted by molar-refractivity contribution is 0.0992. The summed E-state index contributed by atoms with van der Waals surface area (Å²) in [6, 6.07) is 19.6. The number of fused-ring (bicyclic) bond motifs is 1. The van der Waals surface area contributed by atoms with E-state index in [1.165, 1.54) is 0 Å². The number of rotatable bonds is 3. The van der Waals surface area contributed by atoms with Crippen molar-refractivity contribution >= 4 is 50.7 Å². The van der Waals surface area contributed by atoms with Gasteiger partial charge in [-0.05, 0) is 57.1 Å². The molecule has 0 atom stereocenters. The minimum Gasteiger partial charge on any atom is -0.294 e. The van der Waals surface area contributed by atoms with Gasteiger partial charge < -0.3 is 0 Å². The lowest BCUT2D eigenvalue weighted by atomic mass is 9.98. The molecule has 0 N–H and O–H groups in total. The Balaban J connectivity index is 1.99. The summed E-state index contributed by atoms with van der Waals surface area (Å²) in [7, 11) is 0. The monoisotopic (exact) mass is 406 g/mol. The molecule has 0 fully saturated rings. The fraction of sp³-hybridized carbons (Fsp3) is 0.0556. The Labute approximate surface area is 142 Å². The van der Waals surface area contributed by atoms with Gasteiger partial charge in [-0.2, -0.15) is 0 Å². The molecule has 3 aromatic carbocycles. The topological polar surface area (TPSA) is 17.1 Å². The van der Waals surface area contributed by atoms with Gasteiger partial charge in [-0.1, -0.05) is 54.1 Å². The molecule has 1 nitrogen and oxygen atoms in total. The van der Waals surface area contributed by atoms with Crippen molar-refractivity contribution in [3.8, 4) is 0 Å². The molecular formula is C18H12ClIO. The Morgan fingerprint density at radius 1 is 1.00 bits per heavy atom. The third kappa shape index (κ3) is 3.11. The number of Topliss-reactive ketones (excluding diaryl/α,β-unsaturated/α-hetero) is 1. The number of ketones is 1. The molecule has 0 aliphatic rings. The molecule has 0 amide bonds. The number of benzene rings is 3. The van der Waals surface area contributed by atoms with Crippen LogP contribution < -0.4 is 0 Å². The quantitative estimate of drug-likeness (QED) is 0.413. The van der Waals surface area contributed by atoms with E-state index >= 15 is 0 Å². The van der Waals surface area contributed by atoms with Gasteiger partial charge in [0.25, 0.3) is 0 Å². The standard InChI is InChI=1S/C18H12ClIO/c19-14-8-9-17(20)16(11-14)18(21)10-13-6-3-5-12-4-1-2-7-15(12)13/h1-9,11H,10H2. The number of carbonyl (C=O) groups excluding carboxylic acids is 1. The van der Waals surface area contributed by atoms with E-state index in [-0.39, 0.29) is 5.78 Å². The number of hydrogen-bond donors (Lipinski definition) is 0. The van der Waals surface area contributed by atoms with E-state index in [1.54, 1.807) is 12.1 Å². The fourth-order valence-electron chi connectivity index (χ4n) is 2.43. The van der Waals surface area contributed by atoms with Crippen molar-refractivity contribution < 1.29 is 4.79 Å². The maximum absolute atomic E-state index is 12.6. The first-order valence-corrected chi connectivity index (χ1v) is 8.06. The summed E-state index contributed by atoms with van der Waals surface area (Å²) in [6.45, 7) is 0. The van der Waals surface area contributed by atoms with Crippen LogP contribution in [0.4, 0.5) is 0 Å². The maximum Gasteiger partial charge on any atom is 0.168 e. The zero-order chi connectivity index (χ0) is 14.8. The second-order valence-corrected chi connectivity index (χ2v) is 6.46. The average Bonchev–Trinajstić information content (AvgIpc) is 2.50. The van der Waals surface area contributed by atoms with Crippen molar-refractivity contribution in [3.63, 3.8) is 0 Å². The molecule has 0 radical (unpaired) electrons. The molecule has 0 saturated carbocycles. The van der Waals surface area contributed by atoms with Gasteiger partial charge in [-0.25, -0.2) is 0 Å². The van der Waals surface area contributed by atoms with Crippen molar-refractivity contribution in [2.45, 2.75) is 6.42 Å². The third-order valence-corrected chi connectivity index (χ3v) is 4.64. The fourth-order valence-corrected chi connectivity index (χ4v) is 3.23. The second-order valence-electron chi connectivity index (χ2n) is 4.86. The highest BCUT2D eigenvalue weighted by Gasteiger charge is 2.13. The van der Waals surface area contributed by atoms with E-state index in [0.717, 1.165) is 19.9 Å². The predicted octanol–water partition coefficient (Wildman–Crippen LogP) is 5.52. The Hall–Kier alpha value is -1.39. The molecule has 0 spiro atoms. The van der Waals surface area contributed by atoms with Crippen LogP contribution in [0, 0.1) is 3.57 Å². The highest BCUT2D eigenvalue weighted by Crippen LogP contribution is 2.23. The smallest absolute Gasteiger partial charge is 0.168 e. The molecule has 104 valence electrons. The second kappa shape index (κ2) is 6.16. The summed E-state index contributed by atoms with van der Waals surface area (Å²) < 4.78 is 0.933. The van der Waals surface area contributed by atoms with E-state index < -0.39 is 0 Å². The molecule has 0 bridgehead atoms. The van der Waals surface area contributed by atoms with Crippen LogP contribution in [-0.2, 0) is 6.42 Å². The van der Waals surface area contributed by atoms with Gasteiger partial charge in [-0.15, -0.1) is 0 Å². The Kier molecular flexibility index (Phi) is 4.27. The van der Waals surface area contributed by atoms with Crippen LogP contribution in [0.1, 0.15) is 15.9 Å². The van der Waals surface area contributed by atoms with Crippen molar-refractivity contribution in [2.24, 2.45) is 0 Å². The first-order chi connectivity index (χ1) is 10.1. The molecule has 0 aliphatic heterocycles. The largest absolute Gasteiger partial charge is 0.294 e. The third-order valence-electron chi connectivity index (χ3n) is 3.46. The summed E-state index contributed by atoms with van der Waals surface area (Å²) in [5.41, 5.74) is 1.74. The lowest BCUT2D eigenvalue weighted by Gasteiger charge is -2.08. The molecule has 21 heavy (non-hydrogen) atoms.